The number of aromatic nitrogens is 1. The summed E-state index contributed by atoms with van der Waals surface area (Å²) in [5.41, 5.74) is 1.88. The van der Waals surface area contributed by atoms with Crippen LogP contribution in [-0.2, 0) is 17.9 Å². The smallest absolute Gasteiger partial charge is 0.411 e. The molecule has 2 N–H and O–H groups in total. The van der Waals surface area contributed by atoms with E-state index in [1.807, 2.05) is 0 Å². The third kappa shape index (κ3) is 6.02. The maximum atomic E-state index is 13.5. The van der Waals surface area contributed by atoms with Crippen molar-refractivity contribution in [3.05, 3.63) is 94.5 Å². The van der Waals surface area contributed by atoms with Crippen molar-refractivity contribution in [2.75, 3.05) is 5.32 Å². The molecule has 0 bridgehead atoms. The van der Waals surface area contributed by atoms with Crippen LogP contribution < -0.4 is 10.6 Å². The van der Waals surface area contributed by atoms with Crippen molar-refractivity contribution >= 4 is 29.3 Å². The first kappa shape index (κ1) is 20.3. The molecule has 148 valence electrons. The highest BCUT2D eigenvalue weighted by Gasteiger charge is 2.12. The second-order valence-corrected chi connectivity index (χ2v) is 6.48. The number of halogens is 2. The number of carbonyl (C=O) groups is 2. The Balaban J connectivity index is 1.47. The lowest BCUT2D eigenvalue weighted by atomic mass is 10.2. The fourth-order valence-corrected chi connectivity index (χ4v) is 2.53. The van der Waals surface area contributed by atoms with Crippen molar-refractivity contribution in [2.24, 2.45) is 0 Å². The molecule has 3 rings (SSSR count). The number of anilines is 1. The molecule has 0 saturated heterocycles. The third-order valence-corrected chi connectivity index (χ3v) is 4.16. The molecular weight excluding hydrogens is 397 g/mol. The average molecular weight is 414 g/mol. The molecule has 8 heteroatoms. The minimum Gasteiger partial charge on any atom is -0.444 e. The molecule has 0 unspecified atom stereocenters. The number of nitrogens with zero attached hydrogens (tertiary/aromatic N) is 1. The Labute approximate surface area is 171 Å². The van der Waals surface area contributed by atoms with Gasteiger partial charge in [0, 0.05) is 23.5 Å². The summed E-state index contributed by atoms with van der Waals surface area (Å²) in [5.74, 6) is -1.28. The van der Waals surface area contributed by atoms with Crippen LogP contribution >= 0.6 is 11.6 Å². The topological polar surface area (TPSA) is 80.3 Å². The van der Waals surface area contributed by atoms with E-state index in [0.29, 0.717) is 10.7 Å². The van der Waals surface area contributed by atoms with E-state index in [0.717, 1.165) is 11.1 Å². The zero-order chi connectivity index (χ0) is 20.6. The van der Waals surface area contributed by atoms with Crippen molar-refractivity contribution in [3.8, 4) is 0 Å². The van der Waals surface area contributed by atoms with Crippen molar-refractivity contribution in [1.82, 2.24) is 10.3 Å². The monoisotopic (exact) mass is 413 g/mol. The summed E-state index contributed by atoms with van der Waals surface area (Å²) in [6.45, 7) is 0.313. The average Bonchev–Trinajstić information content (AvgIpc) is 2.73. The van der Waals surface area contributed by atoms with E-state index in [2.05, 4.69) is 15.6 Å². The number of carbonyl (C=O) groups excluding carboxylic acids is 2. The SMILES string of the molecule is O=C(Nc1ccc(CNC(=O)c2ncccc2F)cc1)OCc1ccc(Cl)cc1. The molecular formula is C21H17ClFN3O3. The van der Waals surface area contributed by atoms with Crippen LogP contribution in [0.4, 0.5) is 14.9 Å². The number of rotatable bonds is 6. The van der Waals surface area contributed by atoms with Gasteiger partial charge >= 0.3 is 6.09 Å². The normalized spacial score (nSPS) is 10.3. The molecule has 0 radical (unpaired) electrons. The predicted octanol–water partition coefficient (Wildman–Crippen LogP) is 4.55. The number of pyridine rings is 1. The maximum Gasteiger partial charge on any atom is 0.411 e. The number of amides is 2. The quantitative estimate of drug-likeness (QED) is 0.621. The summed E-state index contributed by atoms with van der Waals surface area (Å²) in [6.07, 6.45) is 0.761. The lowest BCUT2D eigenvalue weighted by molar-refractivity contribution is 0.0941. The molecule has 6 nitrogen and oxygen atoms in total. The first-order chi connectivity index (χ1) is 14.0. The number of nitrogens with one attached hydrogen (secondary N) is 2. The largest absolute Gasteiger partial charge is 0.444 e. The third-order valence-electron chi connectivity index (χ3n) is 3.91. The molecule has 2 amide bonds. The number of ether oxygens (including phenoxy) is 1. The van der Waals surface area contributed by atoms with Gasteiger partial charge in [0.2, 0.25) is 0 Å². The second-order valence-electron chi connectivity index (χ2n) is 6.04. The van der Waals surface area contributed by atoms with Gasteiger partial charge in [-0.15, -0.1) is 0 Å². The van der Waals surface area contributed by atoms with Crippen LogP contribution in [0.2, 0.25) is 5.02 Å². The molecule has 0 aliphatic heterocycles. The van der Waals surface area contributed by atoms with Gasteiger partial charge in [-0.05, 0) is 47.5 Å². The number of benzene rings is 2. The molecule has 0 atom stereocenters. The van der Waals surface area contributed by atoms with Gasteiger partial charge in [0.05, 0.1) is 0 Å². The minimum atomic E-state index is -0.679. The van der Waals surface area contributed by atoms with E-state index in [-0.39, 0.29) is 18.8 Å². The van der Waals surface area contributed by atoms with Crippen LogP contribution in [-0.4, -0.2) is 17.0 Å². The Morgan fingerprint density at radius 3 is 2.38 bits per heavy atom. The van der Waals surface area contributed by atoms with Crippen LogP contribution in [0.3, 0.4) is 0 Å². The maximum absolute atomic E-state index is 13.5. The zero-order valence-electron chi connectivity index (χ0n) is 15.2. The van der Waals surface area contributed by atoms with Crippen molar-refractivity contribution in [2.45, 2.75) is 13.2 Å². The summed E-state index contributed by atoms with van der Waals surface area (Å²) in [4.78, 5) is 27.6. The van der Waals surface area contributed by atoms with Gasteiger partial charge in [-0.1, -0.05) is 35.9 Å². The Kier molecular flexibility index (Phi) is 6.76. The van der Waals surface area contributed by atoms with Crippen LogP contribution in [0.1, 0.15) is 21.6 Å². The van der Waals surface area contributed by atoms with E-state index in [4.69, 9.17) is 16.3 Å². The van der Waals surface area contributed by atoms with Gasteiger partial charge in [-0.3, -0.25) is 10.1 Å². The summed E-state index contributed by atoms with van der Waals surface area (Å²) in [6, 6.07) is 16.4. The van der Waals surface area contributed by atoms with Crippen molar-refractivity contribution in [1.29, 1.82) is 0 Å². The Morgan fingerprint density at radius 2 is 1.69 bits per heavy atom. The summed E-state index contributed by atoms with van der Waals surface area (Å²) < 4.78 is 18.7. The van der Waals surface area contributed by atoms with Gasteiger partial charge in [-0.25, -0.2) is 14.2 Å². The standard InChI is InChI=1S/C21H17ClFN3O3/c22-16-7-3-15(4-8-16)13-29-21(28)26-17-9-5-14(6-10-17)12-25-20(27)19-18(23)2-1-11-24-19/h1-11H,12-13H2,(H,25,27)(H,26,28). The molecule has 1 aromatic heterocycles. The van der Waals surface area contributed by atoms with Crippen LogP contribution in [0.5, 0.6) is 0 Å². The molecule has 0 aliphatic carbocycles. The highest BCUT2D eigenvalue weighted by Crippen LogP contribution is 2.13. The molecule has 0 saturated carbocycles. The van der Waals surface area contributed by atoms with Crippen molar-refractivity contribution < 1.29 is 18.7 Å². The lowest BCUT2D eigenvalue weighted by Crippen LogP contribution is -2.24. The molecule has 29 heavy (non-hydrogen) atoms. The van der Waals surface area contributed by atoms with Gasteiger partial charge in [-0.2, -0.15) is 0 Å². The van der Waals surface area contributed by atoms with E-state index < -0.39 is 17.8 Å². The highest BCUT2D eigenvalue weighted by atomic mass is 35.5. The fraction of sp³-hybridized carbons (Fsp3) is 0.0952. The van der Waals surface area contributed by atoms with Crippen LogP contribution in [0.25, 0.3) is 0 Å². The minimum absolute atomic E-state index is 0.122. The molecule has 0 fully saturated rings. The van der Waals surface area contributed by atoms with Gasteiger partial charge in [0.15, 0.2) is 11.5 Å². The Hall–Kier alpha value is -3.45. The number of hydrogen-bond acceptors (Lipinski definition) is 4. The fourth-order valence-electron chi connectivity index (χ4n) is 2.41. The first-order valence-corrected chi connectivity index (χ1v) is 9.05. The van der Waals surface area contributed by atoms with Gasteiger partial charge in [0.25, 0.3) is 5.91 Å². The molecule has 3 aromatic rings. The van der Waals surface area contributed by atoms with E-state index >= 15 is 0 Å². The van der Waals surface area contributed by atoms with Crippen LogP contribution in [0, 0.1) is 5.82 Å². The molecule has 0 spiro atoms. The van der Waals surface area contributed by atoms with Gasteiger partial charge < -0.3 is 10.1 Å². The van der Waals surface area contributed by atoms with Crippen LogP contribution in [0.15, 0.2) is 66.9 Å². The predicted molar refractivity (Wildman–Crippen MR) is 107 cm³/mol. The summed E-state index contributed by atoms with van der Waals surface area (Å²) >= 11 is 5.81. The van der Waals surface area contributed by atoms with E-state index in [1.54, 1.807) is 48.5 Å². The van der Waals surface area contributed by atoms with Gasteiger partial charge in [0.1, 0.15) is 6.61 Å². The molecule has 2 aromatic carbocycles. The molecule has 0 aliphatic rings. The molecule has 1 heterocycles. The van der Waals surface area contributed by atoms with E-state index in [1.165, 1.54) is 18.3 Å². The van der Waals surface area contributed by atoms with E-state index in [9.17, 15) is 14.0 Å². The Bertz CT molecular complexity index is 995. The number of hydrogen-bond donors (Lipinski definition) is 2. The Morgan fingerprint density at radius 1 is 1.00 bits per heavy atom. The second kappa shape index (κ2) is 9.66. The summed E-state index contributed by atoms with van der Waals surface area (Å²) in [5, 5.41) is 5.82. The van der Waals surface area contributed by atoms with Crippen molar-refractivity contribution in [3.63, 3.8) is 0 Å². The first-order valence-electron chi connectivity index (χ1n) is 8.67. The lowest BCUT2D eigenvalue weighted by Gasteiger charge is -2.09. The zero-order valence-corrected chi connectivity index (χ0v) is 15.9. The highest BCUT2D eigenvalue weighted by molar-refractivity contribution is 6.30. The summed E-state index contributed by atoms with van der Waals surface area (Å²) in [7, 11) is 0.